The van der Waals surface area contributed by atoms with Gasteiger partial charge in [0.15, 0.2) is 0 Å². The van der Waals surface area contributed by atoms with E-state index in [4.69, 9.17) is 9.47 Å². The summed E-state index contributed by atoms with van der Waals surface area (Å²) >= 11 is 0. The number of hydrogen-bond acceptors (Lipinski definition) is 3. The molecule has 0 saturated carbocycles. The van der Waals surface area contributed by atoms with E-state index in [1.165, 1.54) is 5.57 Å². The highest BCUT2D eigenvalue weighted by Crippen LogP contribution is 2.27. The van der Waals surface area contributed by atoms with Crippen LogP contribution in [0, 0.1) is 0 Å². The lowest BCUT2D eigenvalue weighted by Crippen LogP contribution is -2.28. The molecule has 3 atom stereocenters. The van der Waals surface area contributed by atoms with E-state index < -0.39 is 6.10 Å². The lowest BCUT2D eigenvalue weighted by Gasteiger charge is -2.26. The summed E-state index contributed by atoms with van der Waals surface area (Å²) in [5.74, 6) is 0. The molecule has 0 aromatic heterocycles. The Morgan fingerprint density at radius 1 is 1.41 bits per heavy atom. The molecule has 0 saturated heterocycles. The van der Waals surface area contributed by atoms with Gasteiger partial charge in [0.1, 0.15) is 12.2 Å². The minimum absolute atomic E-state index is 0.140. The minimum Gasteiger partial charge on any atom is -0.386 e. The van der Waals surface area contributed by atoms with Crippen LogP contribution in [0.4, 0.5) is 0 Å². The zero-order valence-corrected chi connectivity index (χ0v) is 10.8. The molecule has 1 aliphatic rings. The van der Waals surface area contributed by atoms with Crippen LogP contribution in [0.5, 0.6) is 0 Å². The van der Waals surface area contributed by atoms with Gasteiger partial charge in [-0.1, -0.05) is 6.08 Å². The van der Waals surface area contributed by atoms with Crippen LogP contribution < -0.4 is 0 Å². The zero-order chi connectivity index (χ0) is 12.8. The molecule has 3 heteroatoms. The Kier molecular flexibility index (Phi) is 5.62. The van der Waals surface area contributed by atoms with E-state index in [9.17, 15) is 5.11 Å². The SMILES string of the molecule is C=CCC1=CC(OC)C(O)C=C1CC(C)OC. The van der Waals surface area contributed by atoms with Gasteiger partial charge in [-0.3, -0.25) is 0 Å². The van der Waals surface area contributed by atoms with Crippen LogP contribution in [0.15, 0.2) is 36.0 Å². The van der Waals surface area contributed by atoms with Crippen LogP contribution in [0.3, 0.4) is 0 Å². The first-order valence-corrected chi connectivity index (χ1v) is 5.88. The summed E-state index contributed by atoms with van der Waals surface area (Å²) in [7, 11) is 3.30. The van der Waals surface area contributed by atoms with Gasteiger partial charge in [-0.2, -0.15) is 0 Å². The highest BCUT2D eigenvalue weighted by molar-refractivity contribution is 5.38. The molecule has 1 N–H and O–H groups in total. The van der Waals surface area contributed by atoms with E-state index in [-0.39, 0.29) is 12.2 Å². The Labute approximate surface area is 103 Å². The second-order valence-corrected chi connectivity index (χ2v) is 4.32. The Hall–Kier alpha value is -0.900. The standard InChI is InChI=1S/C14H22O3/c1-5-6-11-9-14(17-4)13(15)8-12(11)7-10(2)16-3/h5,8-10,13-15H,1,6-7H2,2-4H3. The van der Waals surface area contributed by atoms with Crippen LogP contribution in [-0.4, -0.2) is 37.6 Å². The summed E-state index contributed by atoms with van der Waals surface area (Å²) in [4.78, 5) is 0. The van der Waals surface area contributed by atoms with Gasteiger partial charge in [-0.15, -0.1) is 6.58 Å². The van der Waals surface area contributed by atoms with Gasteiger partial charge in [0.05, 0.1) is 6.10 Å². The lowest BCUT2D eigenvalue weighted by molar-refractivity contribution is 0.0396. The van der Waals surface area contributed by atoms with Crippen molar-refractivity contribution in [2.75, 3.05) is 14.2 Å². The molecule has 3 unspecified atom stereocenters. The van der Waals surface area contributed by atoms with Crippen LogP contribution in [0.2, 0.25) is 0 Å². The van der Waals surface area contributed by atoms with Crippen molar-refractivity contribution in [1.29, 1.82) is 0 Å². The zero-order valence-electron chi connectivity index (χ0n) is 10.8. The fraction of sp³-hybridized carbons (Fsp3) is 0.571. The molecule has 0 amide bonds. The fourth-order valence-electron chi connectivity index (χ4n) is 1.97. The maximum Gasteiger partial charge on any atom is 0.105 e. The van der Waals surface area contributed by atoms with E-state index in [1.54, 1.807) is 14.2 Å². The molecule has 1 aliphatic carbocycles. The predicted molar refractivity (Wildman–Crippen MR) is 68.9 cm³/mol. The number of aliphatic hydroxyl groups is 1. The third kappa shape index (κ3) is 3.80. The van der Waals surface area contributed by atoms with Gasteiger partial charge in [0.25, 0.3) is 0 Å². The maximum atomic E-state index is 9.90. The summed E-state index contributed by atoms with van der Waals surface area (Å²) in [5, 5.41) is 9.90. The molecule has 0 aromatic carbocycles. The number of methoxy groups -OCH3 is 2. The summed E-state index contributed by atoms with van der Waals surface area (Å²) in [5.41, 5.74) is 2.29. The van der Waals surface area contributed by atoms with Gasteiger partial charge in [0, 0.05) is 14.2 Å². The maximum absolute atomic E-state index is 9.90. The number of allylic oxidation sites excluding steroid dienone is 2. The van der Waals surface area contributed by atoms with Crippen LogP contribution in [-0.2, 0) is 9.47 Å². The largest absolute Gasteiger partial charge is 0.386 e. The third-order valence-corrected chi connectivity index (χ3v) is 3.03. The van der Waals surface area contributed by atoms with Crippen molar-refractivity contribution in [3.05, 3.63) is 36.0 Å². The lowest BCUT2D eigenvalue weighted by atomic mass is 9.89. The second-order valence-electron chi connectivity index (χ2n) is 4.32. The van der Waals surface area contributed by atoms with Crippen LogP contribution in [0.1, 0.15) is 19.8 Å². The first kappa shape index (κ1) is 14.2. The Balaban J connectivity index is 2.85. The molecule has 0 bridgehead atoms. The first-order valence-electron chi connectivity index (χ1n) is 5.88. The van der Waals surface area contributed by atoms with E-state index in [2.05, 4.69) is 6.58 Å². The fourth-order valence-corrected chi connectivity index (χ4v) is 1.97. The van der Waals surface area contributed by atoms with Gasteiger partial charge in [-0.25, -0.2) is 0 Å². The molecule has 0 spiro atoms. The van der Waals surface area contributed by atoms with E-state index >= 15 is 0 Å². The van der Waals surface area contributed by atoms with Gasteiger partial charge < -0.3 is 14.6 Å². The van der Waals surface area contributed by atoms with Gasteiger partial charge >= 0.3 is 0 Å². The molecule has 3 nitrogen and oxygen atoms in total. The average molecular weight is 238 g/mol. The number of aliphatic hydroxyl groups excluding tert-OH is 1. The number of hydrogen-bond donors (Lipinski definition) is 1. The Bertz CT molecular complexity index is 317. The topological polar surface area (TPSA) is 38.7 Å². The Morgan fingerprint density at radius 2 is 2.12 bits per heavy atom. The third-order valence-electron chi connectivity index (χ3n) is 3.03. The molecule has 0 fully saturated rings. The highest BCUT2D eigenvalue weighted by Gasteiger charge is 2.23. The average Bonchev–Trinajstić information content (AvgIpc) is 2.32. The van der Waals surface area contributed by atoms with Crippen molar-refractivity contribution >= 4 is 0 Å². The van der Waals surface area contributed by atoms with Crippen molar-refractivity contribution < 1.29 is 14.6 Å². The minimum atomic E-state index is -0.576. The molecular weight excluding hydrogens is 216 g/mol. The van der Waals surface area contributed by atoms with Crippen molar-refractivity contribution in [3.63, 3.8) is 0 Å². The van der Waals surface area contributed by atoms with E-state index in [1.807, 2.05) is 25.2 Å². The summed E-state index contributed by atoms with van der Waals surface area (Å²) in [6.45, 7) is 5.77. The molecule has 0 aromatic rings. The van der Waals surface area contributed by atoms with Crippen molar-refractivity contribution in [2.45, 2.75) is 38.1 Å². The number of rotatable bonds is 6. The van der Waals surface area contributed by atoms with E-state index in [0.29, 0.717) is 0 Å². The van der Waals surface area contributed by atoms with Crippen LogP contribution in [0.25, 0.3) is 0 Å². The molecule has 0 heterocycles. The Morgan fingerprint density at radius 3 is 2.65 bits per heavy atom. The van der Waals surface area contributed by atoms with Crippen molar-refractivity contribution in [1.82, 2.24) is 0 Å². The predicted octanol–water partition coefficient (Wildman–Crippen LogP) is 2.23. The van der Waals surface area contributed by atoms with Gasteiger partial charge in [0.2, 0.25) is 0 Å². The quantitative estimate of drug-likeness (QED) is 0.721. The molecule has 0 radical (unpaired) electrons. The normalized spacial score (nSPS) is 26.1. The molecule has 0 aliphatic heterocycles. The molecule has 96 valence electrons. The second kappa shape index (κ2) is 6.74. The highest BCUT2D eigenvalue weighted by atomic mass is 16.5. The number of ether oxygens (including phenoxy) is 2. The van der Waals surface area contributed by atoms with E-state index in [0.717, 1.165) is 18.4 Å². The van der Waals surface area contributed by atoms with Gasteiger partial charge in [-0.05, 0) is 43.1 Å². The van der Waals surface area contributed by atoms with Crippen molar-refractivity contribution in [2.24, 2.45) is 0 Å². The first-order chi connectivity index (χ1) is 8.12. The summed E-state index contributed by atoms with van der Waals surface area (Å²) in [6.07, 6.45) is 6.59. The monoisotopic (exact) mass is 238 g/mol. The summed E-state index contributed by atoms with van der Waals surface area (Å²) < 4.78 is 10.5. The summed E-state index contributed by atoms with van der Waals surface area (Å²) in [6, 6.07) is 0. The van der Waals surface area contributed by atoms with Crippen molar-refractivity contribution in [3.8, 4) is 0 Å². The molecule has 1 rings (SSSR count). The smallest absolute Gasteiger partial charge is 0.105 e. The van der Waals surface area contributed by atoms with Crippen LogP contribution >= 0.6 is 0 Å². The molecular formula is C14H22O3. The molecule has 17 heavy (non-hydrogen) atoms.